The van der Waals surface area contributed by atoms with E-state index in [9.17, 15) is 4.79 Å². The molecular formula is C18H29NOS. The molecule has 21 heavy (non-hydrogen) atoms. The molecule has 1 aromatic rings. The summed E-state index contributed by atoms with van der Waals surface area (Å²) in [6, 6.07) is 10.3. The predicted octanol–water partition coefficient (Wildman–Crippen LogP) is 4.64. The van der Waals surface area contributed by atoms with E-state index in [0.29, 0.717) is 5.92 Å². The van der Waals surface area contributed by atoms with Gasteiger partial charge in [0, 0.05) is 12.3 Å². The maximum Gasteiger partial charge on any atom is 0.232 e. The van der Waals surface area contributed by atoms with E-state index in [4.69, 9.17) is 0 Å². The van der Waals surface area contributed by atoms with Crippen LogP contribution < -0.4 is 5.32 Å². The van der Waals surface area contributed by atoms with E-state index in [0.717, 1.165) is 18.7 Å². The van der Waals surface area contributed by atoms with Gasteiger partial charge in [0.15, 0.2) is 0 Å². The number of nitrogens with one attached hydrogen (secondary N) is 1. The van der Waals surface area contributed by atoms with Gasteiger partial charge in [0.25, 0.3) is 0 Å². The number of thioether (sulfide) groups is 1. The molecule has 0 aliphatic rings. The van der Waals surface area contributed by atoms with E-state index in [2.05, 4.69) is 31.3 Å². The van der Waals surface area contributed by atoms with Gasteiger partial charge in [-0.3, -0.25) is 4.79 Å². The molecule has 0 unspecified atom stereocenters. The molecule has 0 saturated heterocycles. The number of hydrogen-bond acceptors (Lipinski definition) is 2. The van der Waals surface area contributed by atoms with Crippen LogP contribution >= 0.6 is 11.8 Å². The van der Waals surface area contributed by atoms with Gasteiger partial charge in [-0.2, -0.15) is 0 Å². The molecular weight excluding hydrogens is 278 g/mol. The summed E-state index contributed by atoms with van der Waals surface area (Å²) < 4.78 is 0. The van der Waals surface area contributed by atoms with Gasteiger partial charge in [-0.1, -0.05) is 63.4 Å². The van der Waals surface area contributed by atoms with E-state index in [-0.39, 0.29) is 11.2 Å². The molecule has 0 aromatic heterocycles. The summed E-state index contributed by atoms with van der Waals surface area (Å²) in [7, 11) is 0. The van der Waals surface area contributed by atoms with Gasteiger partial charge in [-0.05, 0) is 24.8 Å². The third kappa shape index (κ3) is 7.56. The molecule has 1 N–H and O–H groups in total. The van der Waals surface area contributed by atoms with Gasteiger partial charge < -0.3 is 5.32 Å². The lowest BCUT2D eigenvalue weighted by Crippen LogP contribution is -2.34. The standard InChI is InChI=1S/C18H29NOS/c1-4-6-10-16(5-2)13-19-18(20)15(3)21-14-17-11-8-7-9-12-17/h7-9,11-12,15-16H,4-6,10,13-14H2,1-3H3,(H,19,20)/t15-,16+/m1/s1. The van der Waals surface area contributed by atoms with E-state index in [1.54, 1.807) is 11.8 Å². The first-order valence-corrected chi connectivity index (χ1v) is 9.15. The Bertz CT molecular complexity index is 393. The molecule has 0 aliphatic heterocycles. The van der Waals surface area contributed by atoms with Crippen molar-refractivity contribution in [2.75, 3.05) is 6.54 Å². The molecule has 0 spiro atoms. The third-order valence-corrected chi connectivity index (χ3v) is 5.03. The lowest BCUT2D eigenvalue weighted by atomic mass is 9.99. The minimum absolute atomic E-state index is 0.00823. The zero-order valence-corrected chi connectivity index (χ0v) is 14.4. The molecule has 118 valence electrons. The smallest absolute Gasteiger partial charge is 0.232 e. The van der Waals surface area contributed by atoms with Crippen molar-refractivity contribution >= 4 is 17.7 Å². The second-order valence-corrected chi connectivity index (χ2v) is 6.93. The highest BCUT2D eigenvalue weighted by Crippen LogP contribution is 2.18. The van der Waals surface area contributed by atoms with Crippen molar-refractivity contribution in [1.82, 2.24) is 5.32 Å². The summed E-state index contributed by atoms with van der Waals surface area (Å²) in [4.78, 5) is 12.1. The number of amides is 1. The normalized spacial score (nSPS) is 13.7. The Labute approximate surface area is 134 Å². The van der Waals surface area contributed by atoms with Gasteiger partial charge in [0.2, 0.25) is 5.91 Å². The van der Waals surface area contributed by atoms with Gasteiger partial charge in [-0.25, -0.2) is 0 Å². The van der Waals surface area contributed by atoms with Crippen LogP contribution in [0.1, 0.15) is 52.0 Å². The van der Waals surface area contributed by atoms with Crippen molar-refractivity contribution < 1.29 is 4.79 Å². The Morgan fingerprint density at radius 1 is 1.24 bits per heavy atom. The van der Waals surface area contributed by atoms with E-state index in [1.165, 1.54) is 24.8 Å². The average molecular weight is 308 g/mol. The van der Waals surface area contributed by atoms with E-state index in [1.807, 2.05) is 25.1 Å². The van der Waals surface area contributed by atoms with Crippen LogP contribution in [0.5, 0.6) is 0 Å². The first kappa shape index (κ1) is 18.1. The van der Waals surface area contributed by atoms with Crippen LogP contribution in [0.25, 0.3) is 0 Å². The average Bonchev–Trinajstić information content (AvgIpc) is 2.53. The number of benzene rings is 1. The highest BCUT2D eigenvalue weighted by Gasteiger charge is 2.15. The highest BCUT2D eigenvalue weighted by atomic mass is 32.2. The molecule has 2 nitrogen and oxygen atoms in total. The summed E-state index contributed by atoms with van der Waals surface area (Å²) in [5.74, 6) is 1.69. The fourth-order valence-electron chi connectivity index (χ4n) is 2.20. The highest BCUT2D eigenvalue weighted by molar-refractivity contribution is 7.99. The number of hydrogen-bond donors (Lipinski definition) is 1. The Morgan fingerprint density at radius 3 is 2.57 bits per heavy atom. The molecule has 0 bridgehead atoms. The first-order valence-electron chi connectivity index (χ1n) is 8.10. The molecule has 1 rings (SSSR count). The van der Waals surface area contributed by atoms with Crippen LogP contribution in [-0.2, 0) is 10.5 Å². The molecule has 0 aliphatic carbocycles. The number of unbranched alkanes of at least 4 members (excludes halogenated alkanes) is 1. The van der Waals surface area contributed by atoms with Crippen LogP contribution in [0.15, 0.2) is 30.3 Å². The quantitative estimate of drug-likeness (QED) is 0.682. The minimum Gasteiger partial charge on any atom is -0.355 e. The summed E-state index contributed by atoms with van der Waals surface area (Å²) >= 11 is 1.70. The molecule has 1 amide bonds. The van der Waals surface area contributed by atoms with Crippen molar-refractivity contribution in [2.24, 2.45) is 5.92 Å². The summed E-state index contributed by atoms with van der Waals surface area (Å²) in [6.07, 6.45) is 4.85. The maximum absolute atomic E-state index is 12.1. The molecule has 2 atom stereocenters. The van der Waals surface area contributed by atoms with Crippen molar-refractivity contribution in [1.29, 1.82) is 0 Å². The third-order valence-electron chi connectivity index (χ3n) is 3.82. The second kappa shape index (κ2) is 10.7. The largest absolute Gasteiger partial charge is 0.355 e. The predicted molar refractivity (Wildman–Crippen MR) is 93.5 cm³/mol. The molecule has 0 fully saturated rings. The van der Waals surface area contributed by atoms with Crippen LogP contribution in [0.4, 0.5) is 0 Å². The summed E-state index contributed by atoms with van der Waals surface area (Å²) in [6.45, 7) is 7.25. The number of carbonyl (C=O) groups excluding carboxylic acids is 1. The van der Waals surface area contributed by atoms with Gasteiger partial charge >= 0.3 is 0 Å². The van der Waals surface area contributed by atoms with Crippen molar-refractivity contribution in [3.8, 4) is 0 Å². The fraction of sp³-hybridized carbons (Fsp3) is 0.611. The molecule has 1 aromatic carbocycles. The SMILES string of the molecule is CCCC[C@H](CC)CNC(=O)[C@@H](C)SCc1ccccc1. The monoisotopic (exact) mass is 307 g/mol. The minimum atomic E-state index is 0.00823. The van der Waals surface area contributed by atoms with Crippen LogP contribution in [0, 0.1) is 5.92 Å². The van der Waals surface area contributed by atoms with Gasteiger partial charge in [0.1, 0.15) is 0 Å². The number of carbonyl (C=O) groups is 1. The summed E-state index contributed by atoms with van der Waals surface area (Å²) in [5.41, 5.74) is 1.27. The Balaban J connectivity index is 2.27. The van der Waals surface area contributed by atoms with E-state index >= 15 is 0 Å². The Morgan fingerprint density at radius 2 is 1.95 bits per heavy atom. The first-order chi connectivity index (χ1) is 10.2. The molecule has 0 saturated carbocycles. The zero-order valence-electron chi connectivity index (χ0n) is 13.6. The molecule has 0 heterocycles. The van der Waals surface area contributed by atoms with Gasteiger partial charge in [0.05, 0.1) is 5.25 Å². The fourth-order valence-corrected chi connectivity index (χ4v) is 3.07. The van der Waals surface area contributed by atoms with Gasteiger partial charge in [-0.15, -0.1) is 11.8 Å². The van der Waals surface area contributed by atoms with Crippen LogP contribution in [0.2, 0.25) is 0 Å². The lowest BCUT2D eigenvalue weighted by molar-refractivity contribution is -0.120. The molecule has 0 radical (unpaired) electrons. The maximum atomic E-state index is 12.1. The lowest BCUT2D eigenvalue weighted by Gasteiger charge is -2.17. The Hall–Kier alpha value is -0.960. The van der Waals surface area contributed by atoms with Crippen molar-refractivity contribution in [3.05, 3.63) is 35.9 Å². The van der Waals surface area contributed by atoms with Crippen molar-refractivity contribution in [2.45, 2.75) is 57.5 Å². The van der Waals surface area contributed by atoms with Crippen molar-refractivity contribution in [3.63, 3.8) is 0 Å². The zero-order chi connectivity index (χ0) is 15.5. The Kier molecular flexibility index (Phi) is 9.24. The number of rotatable bonds is 10. The van der Waals surface area contributed by atoms with E-state index < -0.39 is 0 Å². The van der Waals surface area contributed by atoms with Crippen LogP contribution in [-0.4, -0.2) is 17.7 Å². The topological polar surface area (TPSA) is 29.1 Å². The van der Waals surface area contributed by atoms with Crippen LogP contribution in [0.3, 0.4) is 0 Å². The summed E-state index contributed by atoms with van der Waals surface area (Å²) in [5, 5.41) is 3.13. The second-order valence-electron chi connectivity index (χ2n) is 5.60. The molecule has 3 heteroatoms.